The van der Waals surface area contributed by atoms with Crippen LogP contribution in [-0.4, -0.2) is 0 Å². The van der Waals surface area contributed by atoms with Crippen molar-refractivity contribution in [1.29, 1.82) is 5.26 Å². The average molecular weight is 233 g/mol. The first-order chi connectivity index (χ1) is 8.72. The molecular weight excluding hydrogens is 218 g/mol. The normalized spacial score (nSPS) is 11.6. The van der Waals surface area contributed by atoms with Crippen molar-refractivity contribution in [2.24, 2.45) is 0 Å². The third kappa shape index (κ3) is 2.49. The molecule has 0 fully saturated rings. The first-order valence-electron chi connectivity index (χ1n) is 5.93. The van der Waals surface area contributed by atoms with Crippen molar-refractivity contribution in [2.45, 2.75) is 12.8 Å². The Morgan fingerprint density at radius 1 is 1.11 bits per heavy atom. The van der Waals surface area contributed by atoms with Gasteiger partial charge in [0.2, 0.25) is 0 Å². The van der Waals surface area contributed by atoms with Crippen LogP contribution in [0.15, 0.2) is 61.2 Å². The summed E-state index contributed by atoms with van der Waals surface area (Å²) in [5.41, 5.74) is 4.04. The van der Waals surface area contributed by atoms with Crippen LogP contribution in [0.2, 0.25) is 0 Å². The highest BCUT2D eigenvalue weighted by Crippen LogP contribution is 2.30. The lowest BCUT2D eigenvalue weighted by molar-refractivity contribution is 1.11. The Hall–Kier alpha value is -2.33. The molecule has 18 heavy (non-hydrogen) atoms. The molecule has 2 aromatic rings. The molecule has 2 aromatic carbocycles. The Morgan fingerprint density at radius 2 is 1.83 bits per heavy atom. The molecular formula is C17H15N. The molecule has 1 unspecified atom stereocenters. The second-order valence-corrected chi connectivity index (χ2v) is 4.37. The molecule has 0 bridgehead atoms. The summed E-state index contributed by atoms with van der Waals surface area (Å²) in [7, 11) is 0. The first-order valence-corrected chi connectivity index (χ1v) is 5.93. The Labute approximate surface area is 108 Å². The van der Waals surface area contributed by atoms with Crippen molar-refractivity contribution in [3.05, 3.63) is 77.9 Å². The molecule has 0 saturated heterocycles. The van der Waals surface area contributed by atoms with Gasteiger partial charge >= 0.3 is 0 Å². The van der Waals surface area contributed by atoms with Gasteiger partial charge in [-0.15, -0.1) is 0 Å². The lowest BCUT2D eigenvalue weighted by Crippen LogP contribution is -1.99. The van der Waals surface area contributed by atoms with Gasteiger partial charge in [0, 0.05) is 0 Å². The number of rotatable bonds is 3. The third-order valence-corrected chi connectivity index (χ3v) is 3.00. The molecule has 0 aliphatic carbocycles. The van der Waals surface area contributed by atoms with E-state index >= 15 is 0 Å². The minimum absolute atomic E-state index is 0.285. The number of allylic oxidation sites excluding steroid dienone is 1. The van der Waals surface area contributed by atoms with Gasteiger partial charge in [0.1, 0.15) is 0 Å². The summed E-state index contributed by atoms with van der Waals surface area (Å²) in [6.45, 7) is 6.11. The van der Waals surface area contributed by atoms with Crippen LogP contribution in [0, 0.1) is 18.3 Å². The standard InChI is InChI=1S/C17H15N/c1-13-7-6-10-16(11-13)17(12-18)14(2)15-8-4-3-5-9-15/h3-11,17H,2H2,1H3. The minimum Gasteiger partial charge on any atom is -0.197 e. The highest BCUT2D eigenvalue weighted by molar-refractivity contribution is 5.72. The van der Waals surface area contributed by atoms with E-state index in [4.69, 9.17) is 0 Å². The molecule has 1 nitrogen and oxygen atoms in total. The Balaban J connectivity index is 2.36. The largest absolute Gasteiger partial charge is 0.197 e. The van der Waals surface area contributed by atoms with Gasteiger partial charge < -0.3 is 0 Å². The van der Waals surface area contributed by atoms with Gasteiger partial charge in [-0.25, -0.2) is 0 Å². The smallest absolute Gasteiger partial charge is 0.0962 e. The van der Waals surface area contributed by atoms with Crippen molar-refractivity contribution in [2.75, 3.05) is 0 Å². The predicted molar refractivity (Wildman–Crippen MR) is 75.0 cm³/mol. The highest BCUT2D eigenvalue weighted by Gasteiger charge is 2.15. The van der Waals surface area contributed by atoms with Gasteiger partial charge in [0.05, 0.1) is 12.0 Å². The van der Waals surface area contributed by atoms with E-state index in [0.717, 1.165) is 22.3 Å². The van der Waals surface area contributed by atoms with Crippen molar-refractivity contribution < 1.29 is 0 Å². The number of aryl methyl sites for hydroxylation is 1. The SMILES string of the molecule is C=C(c1ccccc1)C(C#N)c1cccc(C)c1. The van der Waals surface area contributed by atoms with Gasteiger partial charge in [0.25, 0.3) is 0 Å². The van der Waals surface area contributed by atoms with Crippen LogP contribution in [-0.2, 0) is 0 Å². The maximum absolute atomic E-state index is 9.39. The Kier molecular flexibility index (Phi) is 3.60. The maximum Gasteiger partial charge on any atom is 0.0962 e. The lowest BCUT2D eigenvalue weighted by Gasteiger charge is -2.13. The van der Waals surface area contributed by atoms with E-state index in [-0.39, 0.29) is 5.92 Å². The molecule has 0 saturated carbocycles. The summed E-state index contributed by atoms with van der Waals surface area (Å²) in [6.07, 6.45) is 0. The number of hydrogen-bond donors (Lipinski definition) is 0. The molecule has 0 spiro atoms. The molecule has 0 aliphatic rings. The third-order valence-electron chi connectivity index (χ3n) is 3.00. The van der Waals surface area contributed by atoms with E-state index in [1.165, 1.54) is 0 Å². The predicted octanol–water partition coefficient (Wildman–Crippen LogP) is 4.32. The van der Waals surface area contributed by atoms with E-state index in [0.29, 0.717) is 0 Å². The summed E-state index contributed by atoms with van der Waals surface area (Å²) in [4.78, 5) is 0. The molecule has 1 heteroatoms. The second-order valence-electron chi connectivity index (χ2n) is 4.37. The number of hydrogen-bond acceptors (Lipinski definition) is 1. The highest BCUT2D eigenvalue weighted by atomic mass is 14.3. The van der Waals surface area contributed by atoms with Gasteiger partial charge in [-0.3, -0.25) is 0 Å². The average Bonchev–Trinajstić information content (AvgIpc) is 2.40. The summed E-state index contributed by atoms with van der Waals surface area (Å²) in [6, 6.07) is 20.2. The zero-order valence-electron chi connectivity index (χ0n) is 10.4. The van der Waals surface area contributed by atoms with Gasteiger partial charge in [-0.2, -0.15) is 5.26 Å². The summed E-state index contributed by atoms with van der Waals surface area (Å²) in [5, 5.41) is 9.39. The second kappa shape index (κ2) is 5.33. The van der Waals surface area contributed by atoms with Crippen molar-refractivity contribution in [3.63, 3.8) is 0 Å². The van der Waals surface area contributed by atoms with Gasteiger partial charge in [-0.05, 0) is 23.6 Å². The van der Waals surface area contributed by atoms with Crippen molar-refractivity contribution >= 4 is 5.57 Å². The zero-order chi connectivity index (χ0) is 13.0. The number of nitriles is 1. The van der Waals surface area contributed by atoms with Crippen molar-refractivity contribution in [1.82, 2.24) is 0 Å². The van der Waals surface area contributed by atoms with Crippen LogP contribution < -0.4 is 0 Å². The molecule has 1 atom stereocenters. The summed E-state index contributed by atoms with van der Waals surface area (Å²) in [5.74, 6) is -0.285. The van der Waals surface area contributed by atoms with Crippen LogP contribution in [0.1, 0.15) is 22.6 Å². The zero-order valence-corrected chi connectivity index (χ0v) is 10.4. The number of benzene rings is 2. The maximum atomic E-state index is 9.39. The first kappa shape index (κ1) is 12.1. The van der Waals surface area contributed by atoms with Crippen LogP contribution in [0.5, 0.6) is 0 Å². The number of nitrogens with zero attached hydrogens (tertiary/aromatic N) is 1. The fraction of sp³-hybridized carbons (Fsp3) is 0.118. The van der Waals surface area contributed by atoms with E-state index < -0.39 is 0 Å². The van der Waals surface area contributed by atoms with E-state index in [9.17, 15) is 5.26 Å². The van der Waals surface area contributed by atoms with Crippen LogP contribution >= 0.6 is 0 Å². The van der Waals surface area contributed by atoms with E-state index in [1.54, 1.807) is 0 Å². The molecule has 0 aliphatic heterocycles. The van der Waals surface area contributed by atoms with E-state index in [2.05, 4.69) is 12.6 Å². The Bertz CT molecular complexity index is 591. The van der Waals surface area contributed by atoms with Gasteiger partial charge in [-0.1, -0.05) is 66.7 Å². The summed E-state index contributed by atoms with van der Waals surface area (Å²) >= 11 is 0. The fourth-order valence-corrected chi connectivity index (χ4v) is 2.02. The molecule has 0 N–H and O–H groups in total. The molecule has 2 rings (SSSR count). The quantitative estimate of drug-likeness (QED) is 0.774. The van der Waals surface area contributed by atoms with E-state index in [1.807, 2.05) is 61.5 Å². The topological polar surface area (TPSA) is 23.8 Å². The Morgan fingerprint density at radius 3 is 2.44 bits per heavy atom. The molecule has 88 valence electrons. The van der Waals surface area contributed by atoms with Crippen LogP contribution in [0.25, 0.3) is 5.57 Å². The van der Waals surface area contributed by atoms with Gasteiger partial charge in [0.15, 0.2) is 0 Å². The van der Waals surface area contributed by atoms with Crippen LogP contribution in [0.3, 0.4) is 0 Å². The lowest BCUT2D eigenvalue weighted by atomic mass is 9.88. The van der Waals surface area contributed by atoms with Crippen molar-refractivity contribution in [3.8, 4) is 6.07 Å². The minimum atomic E-state index is -0.285. The fourth-order valence-electron chi connectivity index (χ4n) is 2.02. The summed E-state index contributed by atoms with van der Waals surface area (Å²) < 4.78 is 0. The molecule has 0 radical (unpaired) electrons. The molecule has 0 amide bonds. The molecule has 0 aromatic heterocycles. The molecule has 0 heterocycles. The monoisotopic (exact) mass is 233 g/mol. The van der Waals surface area contributed by atoms with Crippen LogP contribution in [0.4, 0.5) is 0 Å².